The first kappa shape index (κ1) is 22.8. The molecule has 0 spiro atoms. The van der Waals surface area contributed by atoms with Gasteiger partial charge in [0, 0.05) is 38.3 Å². The molecule has 0 aliphatic carbocycles. The second-order valence-electron chi connectivity index (χ2n) is 6.02. The van der Waals surface area contributed by atoms with E-state index in [1.54, 1.807) is 18.3 Å². The predicted octanol–water partition coefficient (Wildman–Crippen LogP) is 2.28. The lowest BCUT2D eigenvalue weighted by Crippen LogP contribution is -2.47. The molecule has 1 aromatic heterocycles. The van der Waals surface area contributed by atoms with Crippen LogP contribution in [-0.2, 0) is 4.79 Å². The zero-order chi connectivity index (χ0) is 18.1. The molecule has 9 heteroatoms. The van der Waals surface area contributed by atoms with Gasteiger partial charge >= 0.3 is 0 Å². The van der Waals surface area contributed by atoms with Crippen molar-refractivity contribution in [1.82, 2.24) is 15.2 Å². The first-order valence-electron chi connectivity index (χ1n) is 8.64. The maximum Gasteiger partial charge on any atom is 0.217 e. The summed E-state index contributed by atoms with van der Waals surface area (Å²) in [4.78, 5) is 22.1. The summed E-state index contributed by atoms with van der Waals surface area (Å²) in [5, 5.41) is 3.88. The molecule has 146 valence electrons. The Hall–Kier alpha value is -1.29. The Kier molecular flexibility index (Phi) is 10.6. The number of primary amides is 1. The molecule has 1 atom stereocenters. The van der Waals surface area contributed by atoms with Gasteiger partial charge in [-0.1, -0.05) is 11.6 Å². The molecule has 1 saturated heterocycles. The van der Waals surface area contributed by atoms with Crippen molar-refractivity contribution in [2.24, 2.45) is 16.6 Å². The number of piperidine rings is 1. The van der Waals surface area contributed by atoms with Crippen LogP contribution < -0.4 is 15.8 Å². The molecular formula is C17H27ClIN5O2. The van der Waals surface area contributed by atoms with E-state index in [1.807, 2.05) is 6.92 Å². The number of aromatic nitrogens is 1. The average molecular weight is 496 g/mol. The molecule has 0 saturated carbocycles. The molecule has 0 radical (unpaired) electrons. The van der Waals surface area contributed by atoms with Gasteiger partial charge in [-0.3, -0.25) is 4.79 Å². The third-order valence-corrected chi connectivity index (χ3v) is 4.17. The largest absolute Gasteiger partial charge is 0.476 e. The number of nitrogens with two attached hydrogens (primary N) is 1. The predicted molar refractivity (Wildman–Crippen MR) is 114 cm³/mol. The fourth-order valence-electron chi connectivity index (χ4n) is 2.88. The Labute approximate surface area is 176 Å². The average Bonchev–Trinajstić information content (AvgIpc) is 2.59. The van der Waals surface area contributed by atoms with E-state index in [9.17, 15) is 4.79 Å². The number of pyridine rings is 1. The zero-order valence-electron chi connectivity index (χ0n) is 15.0. The number of rotatable bonds is 7. The fourth-order valence-corrected chi connectivity index (χ4v) is 3.00. The van der Waals surface area contributed by atoms with E-state index in [1.165, 1.54) is 0 Å². The Morgan fingerprint density at radius 3 is 3.00 bits per heavy atom. The minimum Gasteiger partial charge on any atom is -0.476 e. The van der Waals surface area contributed by atoms with Crippen molar-refractivity contribution >= 4 is 47.4 Å². The number of carbonyl (C=O) groups excluding carboxylic acids is 1. The van der Waals surface area contributed by atoms with Gasteiger partial charge in [-0.25, -0.2) is 9.98 Å². The van der Waals surface area contributed by atoms with Gasteiger partial charge in [0.1, 0.15) is 6.61 Å². The van der Waals surface area contributed by atoms with Crippen molar-refractivity contribution < 1.29 is 9.53 Å². The van der Waals surface area contributed by atoms with E-state index in [0.717, 1.165) is 38.4 Å². The smallest absolute Gasteiger partial charge is 0.217 e. The SMILES string of the molecule is CCNC(=NCCOc1ccc(Cl)cn1)N1CCCC(CC(N)=O)C1.I. The number of likely N-dealkylation sites (tertiary alicyclic amines) is 1. The van der Waals surface area contributed by atoms with Crippen molar-refractivity contribution in [1.29, 1.82) is 0 Å². The number of nitrogens with zero attached hydrogens (tertiary/aromatic N) is 3. The topological polar surface area (TPSA) is 92.8 Å². The van der Waals surface area contributed by atoms with E-state index >= 15 is 0 Å². The number of nitrogens with one attached hydrogen (secondary N) is 1. The molecule has 2 heterocycles. The quantitative estimate of drug-likeness (QED) is 0.262. The van der Waals surface area contributed by atoms with E-state index < -0.39 is 0 Å². The molecule has 7 nitrogen and oxygen atoms in total. The normalized spacial score (nSPS) is 17.4. The number of halogens is 2. The monoisotopic (exact) mass is 495 g/mol. The summed E-state index contributed by atoms with van der Waals surface area (Å²) in [5.41, 5.74) is 5.33. The lowest BCUT2D eigenvalue weighted by Gasteiger charge is -2.34. The molecule has 1 aromatic rings. The number of carbonyl (C=O) groups is 1. The highest BCUT2D eigenvalue weighted by atomic mass is 127. The maximum absolute atomic E-state index is 11.2. The molecule has 2 rings (SSSR count). The van der Waals surface area contributed by atoms with E-state index in [2.05, 4.69) is 20.2 Å². The van der Waals surface area contributed by atoms with Gasteiger partial charge in [-0.15, -0.1) is 24.0 Å². The Morgan fingerprint density at radius 1 is 1.54 bits per heavy atom. The number of amides is 1. The summed E-state index contributed by atoms with van der Waals surface area (Å²) in [6, 6.07) is 3.47. The van der Waals surface area contributed by atoms with Crippen LogP contribution in [0.5, 0.6) is 5.88 Å². The second kappa shape index (κ2) is 12.2. The van der Waals surface area contributed by atoms with E-state index in [-0.39, 0.29) is 29.9 Å². The molecule has 3 N–H and O–H groups in total. The standard InChI is InChI=1S/C17H26ClN5O2.HI/c1-2-20-17(23-8-3-4-13(12-23)10-15(19)24)21-7-9-25-16-6-5-14(18)11-22-16;/h5-6,11,13H,2-4,7-10,12H2,1H3,(H2,19,24)(H,20,21);1H. The van der Waals surface area contributed by atoms with Crippen molar-refractivity contribution in [3.8, 4) is 5.88 Å². The molecule has 26 heavy (non-hydrogen) atoms. The number of hydrogen-bond donors (Lipinski definition) is 2. The molecule has 1 aliphatic rings. The third kappa shape index (κ3) is 7.94. The molecule has 1 aliphatic heterocycles. The minimum absolute atomic E-state index is 0. The minimum atomic E-state index is -0.238. The van der Waals surface area contributed by atoms with Crippen LogP contribution in [0.25, 0.3) is 0 Å². The van der Waals surface area contributed by atoms with Crippen LogP contribution >= 0.6 is 35.6 Å². The first-order valence-corrected chi connectivity index (χ1v) is 9.02. The summed E-state index contributed by atoms with van der Waals surface area (Å²) >= 11 is 5.80. The fraction of sp³-hybridized carbons (Fsp3) is 0.588. The number of ether oxygens (including phenoxy) is 1. The van der Waals surface area contributed by atoms with Gasteiger partial charge in [0.05, 0.1) is 11.6 Å². The number of guanidine groups is 1. The Balaban J connectivity index is 0.00000338. The van der Waals surface area contributed by atoms with Crippen LogP contribution in [0.2, 0.25) is 5.02 Å². The highest BCUT2D eigenvalue weighted by molar-refractivity contribution is 14.0. The highest BCUT2D eigenvalue weighted by Gasteiger charge is 2.23. The molecular weight excluding hydrogens is 469 g/mol. The van der Waals surface area contributed by atoms with Gasteiger partial charge in [0.2, 0.25) is 11.8 Å². The van der Waals surface area contributed by atoms with Gasteiger partial charge in [0.25, 0.3) is 0 Å². The molecule has 0 aromatic carbocycles. The van der Waals surface area contributed by atoms with Crippen LogP contribution in [0.15, 0.2) is 23.3 Å². The lowest BCUT2D eigenvalue weighted by molar-refractivity contribution is -0.119. The highest BCUT2D eigenvalue weighted by Crippen LogP contribution is 2.19. The zero-order valence-corrected chi connectivity index (χ0v) is 18.1. The van der Waals surface area contributed by atoms with Crippen molar-refractivity contribution in [2.45, 2.75) is 26.2 Å². The number of hydrogen-bond acceptors (Lipinski definition) is 4. The van der Waals surface area contributed by atoms with E-state index in [4.69, 9.17) is 22.1 Å². The number of aliphatic imine (C=N–C) groups is 1. The molecule has 1 unspecified atom stereocenters. The third-order valence-electron chi connectivity index (χ3n) is 3.95. The first-order chi connectivity index (χ1) is 12.1. The molecule has 0 bridgehead atoms. The van der Waals surface area contributed by atoms with Crippen LogP contribution in [0.3, 0.4) is 0 Å². The van der Waals surface area contributed by atoms with Crippen LogP contribution in [-0.4, -0.2) is 54.5 Å². The Morgan fingerprint density at radius 2 is 2.35 bits per heavy atom. The Bertz CT molecular complexity index is 585. The van der Waals surface area contributed by atoms with Crippen LogP contribution in [0.4, 0.5) is 0 Å². The van der Waals surface area contributed by atoms with Crippen molar-refractivity contribution in [2.75, 3.05) is 32.8 Å². The second-order valence-corrected chi connectivity index (χ2v) is 6.46. The van der Waals surface area contributed by atoms with Gasteiger partial charge in [-0.2, -0.15) is 0 Å². The summed E-state index contributed by atoms with van der Waals surface area (Å²) in [6.07, 6.45) is 4.05. The maximum atomic E-state index is 11.2. The van der Waals surface area contributed by atoms with Crippen molar-refractivity contribution in [3.63, 3.8) is 0 Å². The van der Waals surface area contributed by atoms with Gasteiger partial charge in [-0.05, 0) is 31.7 Å². The van der Waals surface area contributed by atoms with Gasteiger partial charge in [0.15, 0.2) is 5.96 Å². The van der Waals surface area contributed by atoms with Crippen LogP contribution in [0, 0.1) is 5.92 Å². The summed E-state index contributed by atoms with van der Waals surface area (Å²) in [7, 11) is 0. The van der Waals surface area contributed by atoms with Gasteiger partial charge < -0.3 is 20.7 Å². The summed E-state index contributed by atoms with van der Waals surface area (Å²) in [5.74, 6) is 1.44. The summed E-state index contributed by atoms with van der Waals surface area (Å²) in [6.45, 7) is 5.50. The van der Waals surface area contributed by atoms with Crippen molar-refractivity contribution in [3.05, 3.63) is 23.4 Å². The molecule has 1 fully saturated rings. The van der Waals surface area contributed by atoms with Crippen LogP contribution in [0.1, 0.15) is 26.2 Å². The lowest BCUT2D eigenvalue weighted by atomic mass is 9.95. The van der Waals surface area contributed by atoms with E-state index in [0.29, 0.717) is 36.4 Å². The summed E-state index contributed by atoms with van der Waals surface area (Å²) < 4.78 is 5.57. The molecule has 1 amide bonds.